The normalized spacial score (nSPS) is 22.5. The van der Waals surface area contributed by atoms with Crippen LogP contribution in [0.15, 0.2) is 0 Å². The molecule has 0 aromatic carbocycles. The van der Waals surface area contributed by atoms with E-state index in [0.29, 0.717) is 0 Å². The van der Waals surface area contributed by atoms with E-state index in [0.717, 1.165) is 23.7 Å². The monoisotopic (exact) mass is 336 g/mol. The molecule has 1 aliphatic rings. The topological polar surface area (TPSA) is 0 Å². The van der Waals surface area contributed by atoms with Crippen LogP contribution in [-0.4, -0.2) is 0 Å². The van der Waals surface area contributed by atoms with Gasteiger partial charge >= 0.3 is 0 Å². The maximum Gasteiger partial charge on any atom is -0.0383 e. The van der Waals surface area contributed by atoms with Gasteiger partial charge in [-0.05, 0) is 30.1 Å². The highest BCUT2D eigenvalue weighted by atomic mass is 14.4. The highest BCUT2D eigenvalue weighted by Crippen LogP contribution is 2.45. The summed E-state index contributed by atoms with van der Waals surface area (Å²) in [6.07, 6.45) is 23.6. The predicted molar refractivity (Wildman–Crippen MR) is 111 cm³/mol. The van der Waals surface area contributed by atoms with Crippen LogP contribution in [0.3, 0.4) is 0 Å². The smallest absolute Gasteiger partial charge is 0.0383 e. The van der Waals surface area contributed by atoms with Crippen LogP contribution in [0.2, 0.25) is 0 Å². The standard InChI is InChI=1S/C24H48/c1-5-7-9-18-23-20-24(23)19-13-12-17-22(4)16-11-8-10-15-21(3)14-6-2/h21-24H,5-20H2,1-4H3. The van der Waals surface area contributed by atoms with E-state index in [1.165, 1.54) is 89.9 Å². The lowest BCUT2D eigenvalue weighted by molar-refractivity contribution is 0.412. The van der Waals surface area contributed by atoms with Crippen molar-refractivity contribution in [3.8, 4) is 0 Å². The van der Waals surface area contributed by atoms with Gasteiger partial charge in [0.1, 0.15) is 0 Å². The Morgan fingerprint density at radius 1 is 0.583 bits per heavy atom. The van der Waals surface area contributed by atoms with Gasteiger partial charge in [-0.25, -0.2) is 0 Å². The largest absolute Gasteiger partial charge is 0.0654 e. The van der Waals surface area contributed by atoms with Gasteiger partial charge in [-0.15, -0.1) is 0 Å². The second-order valence-electron chi connectivity index (χ2n) is 9.17. The molecule has 0 amide bonds. The summed E-state index contributed by atoms with van der Waals surface area (Å²) in [5.74, 6) is 4.18. The van der Waals surface area contributed by atoms with Crippen molar-refractivity contribution >= 4 is 0 Å². The molecule has 1 saturated carbocycles. The van der Waals surface area contributed by atoms with Crippen molar-refractivity contribution < 1.29 is 0 Å². The van der Waals surface area contributed by atoms with Crippen LogP contribution in [0.4, 0.5) is 0 Å². The van der Waals surface area contributed by atoms with Gasteiger partial charge in [-0.3, -0.25) is 0 Å². The molecule has 24 heavy (non-hydrogen) atoms. The molecule has 0 heterocycles. The van der Waals surface area contributed by atoms with Crippen molar-refractivity contribution in [2.45, 2.75) is 130 Å². The van der Waals surface area contributed by atoms with Crippen molar-refractivity contribution in [3.05, 3.63) is 0 Å². The maximum absolute atomic E-state index is 2.49. The SMILES string of the molecule is CCCCCC1CC1CCCCC(C)CCCCCC(C)CCC. The lowest BCUT2D eigenvalue weighted by Crippen LogP contribution is -1.97. The molecule has 0 saturated heterocycles. The Morgan fingerprint density at radius 3 is 1.62 bits per heavy atom. The molecular formula is C24H48. The van der Waals surface area contributed by atoms with E-state index in [1.807, 2.05) is 0 Å². The molecule has 4 atom stereocenters. The molecule has 1 rings (SSSR count). The highest BCUT2D eigenvalue weighted by molar-refractivity contribution is 4.85. The van der Waals surface area contributed by atoms with Crippen LogP contribution in [0.1, 0.15) is 130 Å². The van der Waals surface area contributed by atoms with Gasteiger partial charge in [-0.2, -0.15) is 0 Å². The summed E-state index contributed by atoms with van der Waals surface area (Å²) in [7, 11) is 0. The first-order valence-corrected chi connectivity index (χ1v) is 11.7. The molecule has 4 unspecified atom stereocenters. The summed E-state index contributed by atoms with van der Waals surface area (Å²) < 4.78 is 0. The van der Waals surface area contributed by atoms with Crippen LogP contribution in [0.25, 0.3) is 0 Å². The summed E-state index contributed by atoms with van der Waals surface area (Å²) in [5, 5.41) is 0. The summed E-state index contributed by atoms with van der Waals surface area (Å²) in [4.78, 5) is 0. The predicted octanol–water partition coefficient (Wildman–Crippen LogP) is 8.79. The Labute approximate surface area is 154 Å². The minimum Gasteiger partial charge on any atom is -0.0654 e. The van der Waals surface area contributed by atoms with E-state index in [9.17, 15) is 0 Å². The molecule has 0 aromatic heterocycles. The fourth-order valence-corrected chi connectivity index (χ4v) is 4.52. The lowest BCUT2D eigenvalue weighted by atomic mass is 9.94. The number of hydrogen-bond donors (Lipinski definition) is 0. The Balaban J connectivity index is 1.83. The number of hydrogen-bond acceptors (Lipinski definition) is 0. The Bertz CT molecular complexity index is 269. The molecule has 0 heteroatoms. The molecule has 1 aliphatic carbocycles. The van der Waals surface area contributed by atoms with E-state index in [4.69, 9.17) is 0 Å². The van der Waals surface area contributed by atoms with Crippen LogP contribution < -0.4 is 0 Å². The first kappa shape index (κ1) is 22.0. The molecule has 0 N–H and O–H groups in total. The average Bonchev–Trinajstić information content (AvgIpc) is 3.30. The second-order valence-corrected chi connectivity index (χ2v) is 9.17. The molecule has 0 aromatic rings. The van der Waals surface area contributed by atoms with E-state index in [-0.39, 0.29) is 0 Å². The molecule has 0 nitrogen and oxygen atoms in total. The van der Waals surface area contributed by atoms with Crippen LogP contribution >= 0.6 is 0 Å². The van der Waals surface area contributed by atoms with Crippen molar-refractivity contribution in [1.82, 2.24) is 0 Å². The third-order valence-electron chi connectivity index (χ3n) is 6.44. The Kier molecular flexibility index (Phi) is 13.0. The fourth-order valence-electron chi connectivity index (χ4n) is 4.52. The van der Waals surface area contributed by atoms with E-state index in [1.54, 1.807) is 12.8 Å². The van der Waals surface area contributed by atoms with Gasteiger partial charge < -0.3 is 0 Å². The average molecular weight is 337 g/mol. The van der Waals surface area contributed by atoms with Gasteiger partial charge in [0.25, 0.3) is 0 Å². The van der Waals surface area contributed by atoms with E-state index >= 15 is 0 Å². The van der Waals surface area contributed by atoms with Crippen molar-refractivity contribution in [3.63, 3.8) is 0 Å². The third kappa shape index (κ3) is 11.5. The second kappa shape index (κ2) is 14.2. The lowest BCUT2D eigenvalue weighted by Gasteiger charge is -2.12. The van der Waals surface area contributed by atoms with Gasteiger partial charge in [0.05, 0.1) is 0 Å². The number of rotatable bonds is 17. The zero-order valence-corrected chi connectivity index (χ0v) is 17.6. The molecule has 0 spiro atoms. The number of unbranched alkanes of at least 4 members (excludes halogenated alkanes) is 5. The van der Waals surface area contributed by atoms with E-state index in [2.05, 4.69) is 27.7 Å². The molecule has 0 radical (unpaired) electrons. The molecule has 0 aliphatic heterocycles. The first-order valence-electron chi connectivity index (χ1n) is 11.7. The van der Waals surface area contributed by atoms with Crippen molar-refractivity contribution in [2.24, 2.45) is 23.7 Å². The van der Waals surface area contributed by atoms with Gasteiger partial charge in [-0.1, -0.05) is 124 Å². The van der Waals surface area contributed by atoms with Crippen LogP contribution in [0, 0.1) is 23.7 Å². The van der Waals surface area contributed by atoms with Crippen molar-refractivity contribution in [1.29, 1.82) is 0 Å². The molecular weight excluding hydrogens is 288 g/mol. The van der Waals surface area contributed by atoms with E-state index < -0.39 is 0 Å². The minimum atomic E-state index is 0.959. The Hall–Kier alpha value is 0. The van der Waals surface area contributed by atoms with Gasteiger partial charge in [0.15, 0.2) is 0 Å². The van der Waals surface area contributed by atoms with Crippen molar-refractivity contribution in [2.75, 3.05) is 0 Å². The minimum absolute atomic E-state index is 0.959. The van der Waals surface area contributed by atoms with Crippen LogP contribution in [0.5, 0.6) is 0 Å². The van der Waals surface area contributed by atoms with Crippen LogP contribution in [-0.2, 0) is 0 Å². The summed E-state index contributed by atoms with van der Waals surface area (Å²) in [5.41, 5.74) is 0. The Morgan fingerprint density at radius 2 is 1.08 bits per heavy atom. The summed E-state index contributed by atoms with van der Waals surface area (Å²) >= 11 is 0. The van der Waals surface area contributed by atoms with Gasteiger partial charge in [0, 0.05) is 0 Å². The maximum atomic E-state index is 2.49. The first-order chi connectivity index (χ1) is 11.7. The molecule has 144 valence electrons. The zero-order valence-electron chi connectivity index (χ0n) is 17.6. The van der Waals surface area contributed by atoms with Gasteiger partial charge in [0.2, 0.25) is 0 Å². The third-order valence-corrected chi connectivity index (χ3v) is 6.44. The molecule has 0 bridgehead atoms. The quantitative estimate of drug-likeness (QED) is 0.233. The summed E-state index contributed by atoms with van der Waals surface area (Å²) in [6, 6.07) is 0. The highest BCUT2D eigenvalue weighted by Gasteiger charge is 2.34. The fraction of sp³-hybridized carbons (Fsp3) is 1.00. The molecule has 1 fully saturated rings. The zero-order chi connectivity index (χ0) is 17.6. The summed E-state index contributed by atoms with van der Waals surface area (Å²) in [6.45, 7) is 9.55.